The zero-order valence-electron chi connectivity index (χ0n) is 6.97. The number of thioether (sulfide) groups is 1. The highest BCUT2D eigenvalue weighted by Gasteiger charge is 1.91. The summed E-state index contributed by atoms with van der Waals surface area (Å²) in [5.74, 6) is 1.05. The molecule has 0 amide bonds. The molecular weight excluding hydrogens is 182 g/mol. The number of rotatable bonds is 3. The Morgan fingerprint density at radius 2 is 2.08 bits per heavy atom. The third kappa shape index (κ3) is 3.68. The van der Waals surface area contributed by atoms with Gasteiger partial charge in [0.1, 0.15) is 5.75 Å². The number of aromatic hydroxyl groups is 1. The molecule has 1 aromatic rings. The fourth-order valence-electron chi connectivity index (χ4n) is 0.788. The molecule has 1 aromatic carbocycles. The maximum atomic E-state index is 9.00. The summed E-state index contributed by atoms with van der Waals surface area (Å²) < 4.78 is 0. The highest BCUT2D eigenvalue weighted by Crippen LogP contribution is 2.20. The molecule has 0 saturated carbocycles. The Balaban J connectivity index is 2.42. The van der Waals surface area contributed by atoms with Crippen LogP contribution in [0.4, 0.5) is 0 Å². The highest BCUT2D eigenvalue weighted by atomic mass is 32.2. The minimum Gasteiger partial charge on any atom is -0.508 e. The van der Waals surface area contributed by atoms with Gasteiger partial charge in [-0.25, -0.2) is 0 Å². The van der Waals surface area contributed by atoms with Crippen LogP contribution in [0.2, 0.25) is 0 Å². The minimum atomic E-state index is 0.275. The second-order valence-corrected chi connectivity index (χ2v) is 3.43. The van der Waals surface area contributed by atoms with Crippen molar-refractivity contribution in [2.45, 2.75) is 4.90 Å². The second kappa shape index (κ2) is 5.28. The average molecular weight is 191 g/mol. The van der Waals surface area contributed by atoms with E-state index in [4.69, 9.17) is 10.4 Å². The van der Waals surface area contributed by atoms with E-state index in [1.165, 1.54) is 6.08 Å². The molecule has 0 spiro atoms. The van der Waals surface area contributed by atoms with Crippen molar-refractivity contribution < 1.29 is 5.11 Å². The lowest BCUT2D eigenvalue weighted by Crippen LogP contribution is -1.72. The predicted octanol–water partition coefficient (Wildman–Crippen LogP) is 2.56. The van der Waals surface area contributed by atoms with Gasteiger partial charge in [-0.05, 0) is 24.3 Å². The van der Waals surface area contributed by atoms with Crippen LogP contribution in [0.15, 0.2) is 41.3 Å². The van der Waals surface area contributed by atoms with Gasteiger partial charge in [0.15, 0.2) is 0 Å². The van der Waals surface area contributed by atoms with Crippen LogP contribution in [0, 0.1) is 11.3 Å². The molecule has 0 aromatic heterocycles. The summed E-state index contributed by atoms with van der Waals surface area (Å²) in [4.78, 5) is 1.08. The quantitative estimate of drug-likeness (QED) is 0.590. The van der Waals surface area contributed by atoms with E-state index in [0.717, 1.165) is 10.6 Å². The zero-order valence-corrected chi connectivity index (χ0v) is 7.79. The summed E-state index contributed by atoms with van der Waals surface area (Å²) in [5.41, 5.74) is 0. The number of benzene rings is 1. The van der Waals surface area contributed by atoms with E-state index in [2.05, 4.69) is 0 Å². The third-order valence-corrected chi connectivity index (χ3v) is 2.34. The second-order valence-electron chi connectivity index (χ2n) is 2.34. The first-order valence-corrected chi connectivity index (χ1v) is 4.78. The molecule has 1 N–H and O–H groups in total. The smallest absolute Gasteiger partial charge is 0.115 e. The van der Waals surface area contributed by atoms with Gasteiger partial charge in [-0.2, -0.15) is 5.26 Å². The van der Waals surface area contributed by atoms with E-state index in [9.17, 15) is 0 Å². The van der Waals surface area contributed by atoms with Crippen molar-refractivity contribution in [1.29, 1.82) is 5.26 Å². The van der Waals surface area contributed by atoms with Gasteiger partial charge < -0.3 is 5.11 Å². The van der Waals surface area contributed by atoms with Crippen LogP contribution in [0.25, 0.3) is 0 Å². The van der Waals surface area contributed by atoms with Crippen LogP contribution < -0.4 is 0 Å². The van der Waals surface area contributed by atoms with Gasteiger partial charge in [0.25, 0.3) is 0 Å². The fraction of sp³-hybridized carbons (Fsp3) is 0.100. The first-order chi connectivity index (χ1) is 6.33. The number of hydrogen-bond acceptors (Lipinski definition) is 3. The monoisotopic (exact) mass is 191 g/mol. The zero-order chi connectivity index (χ0) is 9.52. The Labute approximate surface area is 81.5 Å². The predicted molar refractivity (Wildman–Crippen MR) is 53.6 cm³/mol. The molecule has 0 fully saturated rings. The minimum absolute atomic E-state index is 0.275. The van der Waals surface area contributed by atoms with Crippen molar-refractivity contribution in [2.24, 2.45) is 0 Å². The Hall–Kier alpha value is -1.40. The molecule has 1 rings (SSSR count). The van der Waals surface area contributed by atoms with Crippen LogP contribution in [-0.4, -0.2) is 10.9 Å². The number of phenols is 1. The van der Waals surface area contributed by atoms with Crippen molar-refractivity contribution in [3.63, 3.8) is 0 Å². The van der Waals surface area contributed by atoms with Gasteiger partial charge >= 0.3 is 0 Å². The van der Waals surface area contributed by atoms with Crippen LogP contribution in [0.5, 0.6) is 5.75 Å². The van der Waals surface area contributed by atoms with E-state index in [1.807, 2.05) is 18.2 Å². The van der Waals surface area contributed by atoms with E-state index < -0.39 is 0 Å². The summed E-state index contributed by atoms with van der Waals surface area (Å²) in [6.07, 6.45) is 3.27. The average Bonchev–Trinajstić information content (AvgIpc) is 2.15. The molecule has 0 radical (unpaired) electrons. The first kappa shape index (κ1) is 9.69. The molecule has 0 aliphatic carbocycles. The summed E-state index contributed by atoms with van der Waals surface area (Å²) >= 11 is 1.62. The topological polar surface area (TPSA) is 44.0 Å². The number of allylic oxidation sites excluding steroid dienone is 1. The molecule has 0 saturated heterocycles. The Morgan fingerprint density at radius 3 is 2.69 bits per heavy atom. The molecule has 0 aliphatic rings. The van der Waals surface area contributed by atoms with Gasteiger partial charge in [-0.1, -0.05) is 6.08 Å². The number of phenolic OH excluding ortho intramolecular Hbond substituents is 1. The van der Waals surface area contributed by atoms with Crippen LogP contribution in [-0.2, 0) is 0 Å². The van der Waals surface area contributed by atoms with Crippen LogP contribution in [0.3, 0.4) is 0 Å². The molecule has 66 valence electrons. The van der Waals surface area contributed by atoms with Gasteiger partial charge in [0.2, 0.25) is 0 Å². The van der Waals surface area contributed by atoms with E-state index >= 15 is 0 Å². The lowest BCUT2D eigenvalue weighted by Gasteiger charge is -1.97. The summed E-state index contributed by atoms with van der Waals surface area (Å²) in [6, 6.07) is 8.92. The molecule has 0 unspecified atom stereocenters. The molecule has 3 heteroatoms. The van der Waals surface area contributed by atoms with Gasteiger partial charge in [0.05, 0.1) is 6.07 Å². The number of hydrogen-bond donors (Lipinski definition) is 1. The molecule has 0 heterocycles. The maximum Gasteiger partial charge on any atom is 0.115 e. The Kier molecular flexibility index (Phi) is 3.94. The first-order valence-electron chi connectivity index (χ1n) is 3.79. The van der Waals surface area contributed by atoms with Crippen molar-refractivity contribution >= 4 is 11.8 Å². The highest BCUT2D eigenvalue weighted by molar-refractivity contribution is 7.99. The van der Waals surface area contributed by atoms with Crippen LogP contribution >= 0.6 is 11.8 Å². The van der Waals surface area contributed by atoms with E-state index in [0.29, 0.717) is 0 Å². The summed E-state index contributed by atoms with van der Waals surface area (Å²) in [5, 5.41) is 17.2. The van der Waals surface area contributed by atoms with Crippen LogP contribution in [0.1, 0.15) is 0 Å². The van der Waals surface area contributed by atoms with Crippen molar-refractivity contribution in [3.05, 3.63) is 36.4 Å². The molecular formula is C10H9NOS. The van der Waals surface area contributed by atoms with Gasteiger partial charge in [0, 0.05) is 16.7 Å². The molecule has 0 atom stereocenters. The lowest BCUT2D eigenvalue weighted by molar-refractivity contribution is 0.475. The van der Waals surface area contributed by atoms with E-state index in [1.54, 1.807) is 30.0 Å². The van der Waals surface area contributed by atoms with Crippen molar-refractivity contribution in [2.75, 3.05) is 5.75 Å². The fourth-order valence-corrected chi connectivity index (χ4v) is 1.50. The van der Waals surface area contributed by atoms with Gasteiger partial charge in [-0.15, -0.1) is 11.8 Å². The summed E-state index contributed by atoms with van der Waals surface area (Å²) in [7, 11) is 0. The third-order valence-electron chi connectivity index (χ3n) is 1.38. The van der Waals surface area contributed by atoms with Crippen molar-refractivity contribution in [3.8, 4) is 11.8 Å². The summed E-state index contributed by atoms with van der Waals surface area (Å²) in [6.45, 7) is 0. The largest absolute Gasteiger partial charge is 0.508 e. The standard InChI is InChI=1S/C10H9NOS/c11-7-1-2-8-13-10-5-3-9(12)4-6-10/h1-6,12H,8H2. The van der Waals surface area contributed by atoms with Gasteiger partial charge in [-0.3, -0.25) is 0 Å². The lowest BCUT2D eigenvalue weighted by atomic mass is 10.3. The Morgan fingerprint density at radius 1 is 1.38 bits per heavy atom. The normalized spacial score (nSPS) is 10.1. The van der Waals surface area contributed by atoms with Crippen molar-refractivity contribution in [1.82, 2.24) is 0 Å². The Bertz CT molecular complexity index is 324. The number of nitriles is 1. The molecule has 2 nitrogen and oxygen atoms in total. The molecule has 0 bridgehead atoms. The van der Waals surface area contributed by atoms with E-state index in [-0.39, 0.29) is 5.75 Å². The number of nitrogens with zero attached hydrogens (tertiary/aromatic N) is 1. The SMILES string of the molecule is N#CC=CCSc1ccc(O)cc1. The maximum absolute atomic E-state index is 9.00. The molecule has 13 heavy (non-hydrogen) atoms. The molecule has 0 aliphatic heterocycles.